The maximum Gasteiger partial charge on any atom is 0.338 e. The van der Waals surface area contributed by atoms with E-state index in [0.717, 1.165) is 5.75 Å². The predicted octanol–water partition coefficient (Wildman–Crippen LogP) is 3.28. The van der Waals surface area contributed by atoms with E-state index in [0.29, 0.717) is 23.6 Å². The minimum Gasteiger partial charge on any atom is -0.494 e. The summed E-state index contributed by atoms with van der Waals surface area (Å²) in [6, 6.07) is 13.7. The van der Waals surface area contributed by atoms with Crippen LogP contribution < -0.4 is 14.8 Å². The lowest BCUT2D eigenvalue weighted by Gasteiger charge is -2.09. The number of amides is 1. The largest absolute Gasteiger partial charge is 0.494 e. The summed E-state index contributed by atoms with van der Waals surface area (Å²) < 4.78 is 16.0. The molecule has 0 aromatic heterocycles. The molecule has 6 heteroatoms. The fourth-order valence-corrected chi connectivity index (χ4v) is 2.07. The number of hydrogen-bond donors (Lipinski definition) is 1. The molecule has 1 N–H and O–H groups in total. The summed E-state index contributed by atoms with van der Waals surface area (Å²) in [5, 5.41) is 2.63. The smallest absolute Gasteiger partial charge is 0.338 e. The van der Waals surface area contributed by atoms with Crippen LogP contribution in [0.25, 0.3) is 0 Å². The Hall–Kier alpha value is -3.02. The fourth-order valence-electron chi connectivity index (χ4n) is 2.07. The number of benzene rings is 2. The second-order valence-electron chi connectivity index (χ2n) is 5.15. The molecule has 0 saturated heterocycles. The van der Waals surface area contributed by atoms with E-state index in [1.165, 1.54) is 6.92 Å². The van der Waals surface area contributed by atoms with E-state index in [1.54, 1.807) is 36.4 Å². The predicted molar refractivity (Wildman–Crippen MR) is 94.1 cm³/mol. The van der Waals surface area contributed by atoms with Gasteiger partial charge in [0, 0.05) is 12.6 Å². The van der Waals surface area contributed by atoms with Crippen molar-refractivity contribution in [2.24, 2.45) is 0 Å². The first-order valence-electron chi connectivity index (χ1n) is 7.99. The number of anilines is 1. The van der Waals surface area contributed by atoms with E-state index in [1.807, 2.05) is 19.1 Å². The van der Waals surface area contributed by atoms with Crippen LogP contribution in [0.2, 0.25) is 0 Å². The molecule has 0 fully saturated rings. The fraction of sp³-hybridized carbons (Fsp3) is 0.263. The maximum absolute atomic E-state index is 11.9. The number of esters is 1. The van der Waals surface area contributed by atoms with Crippen molar-refractivity contribution in [2.45, 2.75) is 13.8 Å². The highest BCUT2D eigenvalue weighted by Gasteiger charge is 2.07. The summed E-state index contributed by atoms with van der Waals surface area (Å²) in [6.45, 7) is 4.35. The lowest BCUT2D eigenvalue weighted by atomic mass is 10.2. The molecule has 0 aliphatic rings. The topological polar surface area (TPSA) is 73.9 Å². The molecule has 0 radical (unpaired) electrons. The van der Waals surface area contributed by atoms with Crippen molar-refractivity contribution in [3.63, 3.8) is 0 Å². The van der Waals surface area contributed by atoms with Gasteiger partial charge in [0.1, 0.15) is 24.7 Å². The third-order valence-corrected chi connectivity index (χ3v) is 3.16. The zero-order valence-electron chi connectivity index (χ0n) is 14.3. The van der Waals surface area contributed by atoms with Gasteiger partial charge in [0.2, 0.25) is 5.91 Å². The van der Waals surface area contributed by atoms with Gasteiger partial charge in [-0.1, -0.05) is 0 Å². The van der Waals surface area contributed by atoms with Crippen LogP contribution >= 0.6 is 0 Å². The Morgan fingerprint density at radius 2 is 1.48 bits per heavy atom. The van der Waals surface area contributed by atoms with Gasteiger partial charge in [-0.3, -0.25) is 4.79 Å². The first-order chi connectivity index (χ1) is 12.1. The van der Waals surface area contributed by atoms with E-state index in [9.17, 15) is 9.59 Å². The maximum atomic E-state index is 11.9. The lowest BCUT2D eigenvalue weighted by Crippen LogP contribution is -2.12. The van der Waals surface area contributed by atoms with E-state index >= 15 is 0 Å². The average Bonchev–Trinajstić information content (AvgIpc) is 2.60. The van der Waals surface area contributed by atoms with Crippen LogP contribution in [0.15, 0.2) is 48.5 Å². The summed E-state index contributed by atoms with van der Waals surface area (Å²) in [5.41, 5.74) is 1.04. The zero-order chi connectivity index (χ0) is 18.1. The SMILES string of the molecule is CCOc1ccc(OCCOC(=O)c2ccc(NC(C)=O)cc2)cc1. The van der Waals surface area contributed by atoms with Crippen molar-refractivity contribution in [3.05, 3.63) is 54.1 Å². The molecular weight excluding hydrogens is 322 g/mol. The number of hydrogen-bond acceptors (Lipinski definition) is 5. The molecule has 0 unspecified atom stereocenters. The van der Waals surface area contributed by atoms with E-state index in [4.69, 9.17) is 14.2 Å². The first-order valence-corrected chi connectivity index (χ1v) is 7.99. The Balaban J connectivity index is 1.73. The molecule has 6 nitrogen and oxygen atoms in total. The van der Waals surface area contributed by atoms with Gasteiger partial charge in [-0.15, -0.1) is 0 Å². The molecule has 0 bridgehead atoms. The third kappa shape index (κ3) is 6.18. The number of rotatable bonds is 8. The minimum atomic E-state index is -0.440. The van der Waals surface area contributed by atoms with Gasteiger partial charge in [-0.05, 0) is 55.5 Å². The number of ether oxygens (including phenoxy) is 3. The van der Waals surface area contributed by atoms with Gasteiger partial charge >= 0.3 is 5.97 Å². The van der Waals surface area contributed by atoms with Crippen LogP contribution in [-0.4, -0.2) is 31.7 Å². The van der Waals surface area contributed by atoms with E-state index in [2.05, 4.69) is 5.32 Å². The van der Waals surface area contributed by atoms with Crippen molar-refractivity contribution >= 4 is 17.6 Å². The van der Waals surface area contributed by atoms with Gasteiger partial charge in [0.05, 0.1) is 12.2 Å². The van der Waals surface area contributed by atoms with Crippen molar-refractivity contribution in [3.8, 4) is 11.5 Å². The summed E-state index contributed by atoms with van der Waals surface area (Å²) in [4.78, 5) is 22.9. The van der Waals surface area contributed by atoms with Gasteiger partial charge in [0.25, 0.3) is 0 Å². The highest BCUT2D eigenvalue weighted by molar-refractivity contribution is 5.92. The Kier molecular flexibility index (Phi) is 6.83. The number of nitrogens with one attached hydrogen (secondary N) is 1. The highest BCUT2D eigenvalue weighted by Crippen LogP contribution is 2.17. The van der Waals surface area contributed by atoms with Gasteiger partial charge in [-0.25, -0.2) is 4.79 Å². The molecule has 2 aromatic carbocycles. The second kappa shape index (κ2) is 9.32. The van der Waals surface area contributed by atoms with E-state index < -0.39 is 5.97 Å². The van der Waals surface area contributed by atoms with Crippen LogP contribution in [0.5, 0.6) is 11.5 Å². The Bertz CT molecular complexity index is 695. The molecule has 0 aliphatic heterocycles. The molecule has 1 amide bonds. The third-order valence-electron chi connectivity index (χ3n) is 3.16. The molecule has 132 valence electrons. The Morgan fingerprint density at radius 3 is 2.04 bits per heavy atom. The summed E-state index contributed by atoms with van der Waals surface area (Å²) in [5.74, 6) is 0.856. The molecule has 0 atom stereocenters. The minimum absolute atomic E-state index is 0.138. The molecule has 2 aromatic rings. The van der Waals surface area contributed by atoms with Gasteiger partial charge in [-0.2, -0.15) is 0 Å². The Morgan fingerprint density at radius 1 is 0.880 bits per heavy atom. The van der Waals surface area contributed by atoms with Crippen LogP contribution in [0.4, 0.5) is 5.69 Å². The summed E-state index contributed by atoms with van der Waals surface area (Å²) in [7, 11) is 0. The average molecular weight is 343 g/mol. The number of carbonyl (C=O) groups is 2. The summed E-state index contributed by atoms with van der Waals surface area (Å²) >= 11 is 0. The first kappa shape index (κ1) is 18.3. The van der Waals surface area contributed by atoms with Crippen LogP contribution in [0.1, 0.15) is 24.2 Å². The highest BCUT2D eigenvalue weighted by atomic mass is 16.6. The molecular formula is C19H21NO5. The van der Waals surface area contributed by atoms with Crippen molar-refractivity contribution in [1.29, 1.82) is 0 Å². The Labute approximate surface area is 146 Å². The molecule has 25 heavy (non-hydrogen) atoms. The van der Waals surface area contributed by atoms with E-state index in [-0.39, 0.29) is 19.1 Å². The van der Waals surface area contributed by atoms with Crippen molar-refractivity contribution < 1.29 is 23.8 Å². The zero-order valence-corrected chi connectivity index (χ0v) is 14.3. The molecule has 0 spiro atoms. The summed E-state index contributed by atoms with van der Waals surface area (Å²) in [6.07, 6.45) is 0. The van der Waals surface area contributed by atoms with Crippen LogP contribution in [-0.2, 0) is 9.53 Å². The molecule has 2 rings (SSSR count). The van der Waals surface area contributed by atoms with Crippen LogP contribution in [0.3, 0.4) is 0 Å². The van der Waals surface area contributed by atoms with Crippen LogP contribution in [0, 0.1) is 0 Å². The monoisotopic (exact) mass is 343 g/mol. The van der Waals surface area contributed by atoms with Crippen molar-refractivity contribution in [2.75, 3.05) is 25.1 Å². The van der Waals surface area contributed by atoms with Crippen molar-refractivity contribution in [1.82, 2.24) is 0 Å². The second-order valence-corrected chi connectivity index (χ2v) is 5.15. The van der Waals surface area contributed by atoms with Gasteiger partial charge in [0.15, 0.2) is 0 Å². The molecule has 0 aliphatic carbocycles. The standard InChI is InChI=1S/C19H21NO5/c1-3-23-17-8-10-18(11-9-17)24-12-13-25-19(22)15-4-6-16(7-5-15)20-14(2)21/h4-11H,3,12-13H2,1-2H3,(H,20,21). The molecule has 0 saturated carbocycles. The normalized spacial score (nSPS) is 10.0. The number of carbonyl (C=O) groups excluding carboxylic acids is 2. The quantitative estimate of drug-likeness (QED) is 0.588. The lowest BCUT2D eigenvalue weighted by molar-refractivity contribution is -0.114. The molecule has 0 heterocycles. The van der Waals surface area contributed by atoms with Gasteiger partial charge < -0.3 is 19.5 Å².